The molecule has 1 heterocycles. The van der Waals surface area contributed by atoms with Gasteiger partial charge in [0.1, 0.15) is 5.75 Å². The summed E-state index contributed by atoms with van der Waals surface area (Å²) in [6.45, 7) is 0.182. The van der Waals surface area contributed by atoms with Crippen LogP contribution < -0.4 is 20.3 Å². The zero-order valence-electron chi connectivity index (χ0n) is 17.4. The third kappa shape index (κ3) is 6.05. The van der Waals surface area contributed by atoms with Crippen molar-refractivity contribution < 1.29 is 27.5 Å². The van der Waals surface area contributed by atoms with Gasteiger partial charge in [-0.3, -0.25) is 14.9 Å². The van der Waals surface area contributed by atoms with Crippen LogP contribution in [-0.4, -0.2) is 61.3 Å². The fourth-order valence-corrected chi connectivity index (χ4v) is 3.74. The van der Waals surface area contributed by atoms with E-state index in [-0.39, 0.29) is 31.3 Å². The van der Waals surface area contributed by atoms with Gasteiger partial charge in [0.05, 0.1) is 24.0 Å². The van der Waals surface area contributed by atoms with Crippen LogP contribution in [0, 0.1) is 0 Å². The lowest BCUT2D eigenvalue weighted by molar-refractivity contribution is -0.185. The summed E-state index contributed by atoms with van der Waals surface area (Å²) in [4.78, 5) is 26.6. The molecular weight excluding hydrogens is 481 g/mol. The number of carbonyl (C=O) groups excluding carboxylic acids is 2. The van der Waals surface area contributed by atoms with Gasteiger partial charge in [0.2, 0.25) is 0 Å². The molecule has 1 saturated heterocycles. The van der Waals surface area contributed by atoms with E-state index in [4.69, 9.17) is 28.6 Å². The monoisotopic (exact) mass is 500 g/mol. The Balaban J connectivity index is 1.70. The minimum absolute atomic E-state index is 0.000285. The number of benzene rings is 2. The Labute approximate surface area is 198 Å². The number of anilines is 2. The number of hydrogen-bond acceptors (Lipinski definition) is 5. The van der Waals surface area contributed by atoms with E-state index in [1.807, 2.05) is 4.90 Å². The third-order valence-electron chi connectivity index (χ3n) is 4.94. The van der Waals surface area contributed by atoms with Crippen molar-refractivity contribution in [1.82, 2.24) is 10.2 Å². The number of para-hydroxylation sites is 1. The molecule has 2 N–H and O–H groups in total. The highest BCUT2D eigenvalue weighted by molar-refractivity contribution is 7.80. The second-order valence-electron chi connectivity index (χ2n) is 7.05. The fraction of sp³-hybridized carbons (Fsp3) is 0.286. The number of rotatable bonds is 4. The van der Waals surface area contributed by atoms with Crippen LogP contribution >= 0.6 is 23.8 Å². The van der Waals surface area contributed by atoms with Crippen LogP contribution in [0.25, 0.3) is 0 Å². The van der Waals surface area contributed by atoms with E-state index in [1.54, 1.807) is 42.5 Å². The lowest BCUT2D eigenvalue weighted by Crippen LogP contribution is -2.52. The molecule has 0 saturated carbocycles. The molecule has 1 aliphatic heterocycles. The van der Waals surface area contributed by atoms with Gasteiger partial charge in [0.25, 0.3) is 5.91 Å². The van der Waals surface area contributed by atoms with Gasteiger partial charge in [-0.2, -0.15) is 13.2 Å². The summed E-state index contributed by atoms with van der Waals surface area (Å²) < 4.78 is 43.3. The summed E-state index contributed by atoms with van der Waals surface area (Å²) in [7, 11) is 1.45. The van der Waals surface area contributed by atoms with Crippen molar-refractivity contribution in [2.24, 2.45) is 0 Å². The SMILES string of the molecule is COc1ccccc1C(=O)NC(=S)Nc1cc(Cl)ccc1N1CCN(C(=O)C(F)(F)F)CC1. The largest absolute Gasteiger partial charge is 0.496 e. The number of nitrogens with one attached hydrogen (secondary N) is 2. The molecule has 3 rings (SSSR count). The summed E-state index contributed by atoms with van der Waals surface area (Å²) in [5, 5.41) is 5.88. The van der Waals surface area contributed by atoms with Crippen molar-refractivity contribution in [2.45, 2.75) is 6.18 Å². The van der Waals surface area contributed by atoms with Crippen molar-refractivity contribution in [3.63, 3.8) is 0 Å². The van der Waals surface area contributed by atoms with Gasteiger partial charge >= 0.3 is 12.1 Å². The van der Waals surface area contributed by atoms with Crippen LogP contribution in [-0.2, 0) is 4.79 Å². The first-order chi connectivity index (χ1) is 15.6. The van der Waals surface area contributed by atoms with E-state index in [0.717, 1.165) is 4.90 Å². The molecule has 1 aliphatic rings. The predicted octanol–water partition coefficient (Wildman–Crippen LogP) is 3.69. The highest BCUT2D eigenvalue weighted by Gasteiger charge is 2.43. The lowest BCUT2D eigenvalue weighted by Gasteiger charge is -2.37. The Kier molecular flexibility index (Phi) is 7.65. The molecule has 0 unspecified atom stereocenters. The molecule has 176 valence electrons. The molecule has 0 spiro atoms. The number of ether oxygens (including phenoxy) is 1. The highest BCUT2D eigenvalue weighted by atomic mass is 35.5. The molecule has 0 aliphatic carbocycles. The standard InChI is InChI=1S/C21H20ClF3N4O3S/c1-32-17-5-3-2-4-14(17)18(30)27-20(33)26-15-12-13(22)6-7-16(15)28-8-10-29(11-9-28)19(31)21(23,24)25/h2-7,12H,8-11H2,1H3,(H2,26,27,30,33). The number of nitrogens with zero attached hydrogens (tertiary/aromatic N) is 2. The van der Waals surface area contributed by atoms with Gasteiger partial charge in [-0.15, -0.1) is 0 Å². The molecule has 2 aromatic carbocycles. The van der Waals surface area contributed by atoms with Crippen LogP contribution in [0.3, 0.4) is 0 Å². The minimum atomic E-state index is -4.90. The van der Waals surface area contributed by atoms with E-state index in [0.29, 0.717) is 27.7 Å². The Morgan fingerprint density at radius 1 is 1.09 bits per heavy atom. The van der Waals surface area contributed by atoms with Crippen LogP contribution in [0.1, 0.15) is 10.4 Å². The average molecular weight is 501 g/mol. The first-order valence-corrected chi connectivity index (χ1v) is 10.5. The number of halogens is 4. The molecule has 33 heavy (non-hydrogen) atoms. The van der Waals surface area contributed by atoms with Gasteiger partial charge in [0.15, 0.2) is 5.11 Å². The fourth-order valence-electron chi connectivity index (χ4n) is 3.37. The number of thiocarbonyl (C=S) groups is 1. The maximum atomic E-state index is 12.7. The second kappa shape index (κ2) is 10.3. The quantitative estimate of drug-likeness (QED) is 0.624. The zero-order chi connectivity index (χ0) is 24.2. The molecule has 0 bridgehead atoms. The summed E-state index contributed by atoms with van der Waals surface area (Å²) in [5.41, 5.74) is 1.37. The average Bonchev–Trinajstić information content (AvgIpc) is 2.78. The smallest absolute Gasteiger partial charge is 0.471 e. The maximum Gasteiger partial charge on any atom is 0.471 e. The molecule has 1 fully saturated rings. The van der Waals surface area contributed by atoms with Crippen molar-refractivity contribution >= 4 is 52.1 Å². The van der Waals surface area contributed by atoms with Crippen molar-refractivity contribution in [3.05, 3.63) is 53.1 Å². The summed E-state index contributed by atoms with van der Waals surface area (Å²) in [5.74, 6) is -1.95. The van der Waals surface area contributed by atoms with Crippen LogP contribution in [0.15, 0.2) is 42.5 Å². The Bertz CT molecular complexity index is 1060. The Hall–Kier alpha value is -3.05. The molecule has 12 heteroatoms. The van der Waals surface area contributed by atoms with E-state index in [1.165, 1.54) is 7.11 Å². The first kappa shape index (κ1) is 24.6. The number of amides is 2. The van der Waals surface area contributed by atoms with E-state index in [2.05, 4.69) is 10.6 Å². The van der Waals surface area contributed by atoms with Crippen LogP contribution in [0.4, 0.5) is 24.5 Å². The number of piperazine rings is 1. The maximum absolute atomic E-state index is 12.7. The van der Waals surface area contributed by atoms with Gasteiger partial charge in [-0.25, -0.2) is 0 Å². The minimum Gasteiger partial charge on any atom is -0.496 e. The number of hydrogen-bond donors (Lipinski definition) is 2. The first-order valence-electron chi connectivity index (χ1n) is 9.76. The molecule has 0 aromatic heterocycles. The van der Waals surface area contributed by atoms with Crippen molar-refractivity contribution in [1.29, 1.82) is 0 Å². The molecule has 2 amide bonds. The third-order valence-corrected chi connectivity index (χ3v) is 5.37. The normalized spacial score (nSPS) is 14.0. The highest BCUT2D eigenvalue weighted by Crippen LogP contribution is 2.31. The number of alkyl halides is 3. The van der Waals surface area contributed by atoms with Crippen molar-refractivity contribution in [3.8, 4) is 5.75 Å². The number of methoxy groups -OCH3 is 1. The summed E-state index contributed by atoms with van der Waals surface area (Å²) >= 11 is 11.4. The molecule has 2 aromatic rings. The molecule has 0 radical (unpaired) electrons. The van der Waals surface area contributed by atoms with Gasteiger partial charge in [0, 0.05) is 31.2 Å². The van der Waals surface area contributed by atoms with E-state index in [9.17, 15) is 22.8 Å². The Morgan fingerprint density at radius 2 is 1.76 bits per heavy atom. The zero-order valence-corrected chi connectivity index (χ0v) is 19.0. The lowest BCUT2D eigenvalue weighted by atomic mass is 10.2. The molecular formula is C21H20ClF3N4O3S. The van der Waals surface area contributed by atoms with Crippen LogP contribution in [0.5, 0.6) is 5.75 Å². The van der Waals surface area contributed by atoms with Crippen LogP contribution in [0.2, 0.25) is 5.02 Å². The predicted molar refractivity (Wildman–Crippen MR) is 123 cm³/mol. The van der Waals surface area contributed by atoms with Gasteiger partial charge in [-0.1, -0.05) is 23.7 Å². The summed E-state index contributed by atoms with van der Waals surface area (Å²) in [6, 6.07) is 11.6. The second-order valence-corrected chi connectivity index (χ2v) is 7.89. The summed E-state index contributed by atoms with van der Waals surface area (Å²) in [6.07, 6.45) is -4.90. The molecule has 0 atom stereocenters. The van der Waals surface area contributed by atoms with Crippen molar-refractivity contribution in [2.75, 3.05) is 43.5 Å². The van der Waals surface area contributed by atoms with Gasteiger partial charge in [-0.05, 0) is 42.5 Å². The topological polar surface area (TPSA) is 73.9 Å². The van der Waals surface area contributed by atoms with E-state index >= 15 is 0 Å². The Morgan fingerprint density at radius 3 is 2.39 bits per heavy atom. The molecule has 7 nitrogen and oxygen atoms in total. The van der Waals surface area contributed by atoms with Gasteiger partial charge < -0.3 is 19.9 Å². The number of carbonyl (C=O) groups is 2. The van der Waals surface area contributed by atoms with E-state index < -0.39 is 18.0 Å².